The van der Waals surface area contributed by atoms with Gasteiger partial charge in [-0.05, 0) is 74.4 Å². The highest BCUT2D eigenvalue weighted by Gasteiger charge is 2.18. The Kier molecular flexibility index (Phi) is 6.31. The Labute approximate surface area is 175 Å². The van der Waals surface area contributed by atoms with Gasteiger partial charge in [0.2, 0.25) is 5.95 Å². The normalized spacial score (nSPS) is 12.1. The largest absolute Gasteiger partial charge is 0.481 e. The summed E-state index contributed by atoms with van der Waals surface area (Å²) in [6.45, 7) is 5.56. The zero-order valence-corrected chi connectivity index (χ0v) is 17.6. The van der Waals surface area contributed by atoms with Crippen molar-refractivity contribution in [1.29, 1.82) is 0 Å². The van der Waals surface area contributed by atoms with Crippen molar-refractivity contribution >= 4 is 27.6 Å². The lowest BCUT2D eigenvalue weighted by Crippen LogP contribution is -2.30. The number of carbonyl (C=O) groups excluding carboxylic acids is 1. The summed E-state index contributed by atoms with van der Waals surface area (Å²) in [5.74, 6) is 0.249. The van der Waals surface area contributed by atoms with Crippen LogP contribution in [0.2, 0.25) is 0 Å². The number of ether oxygens (including phenoxy) is 1. The van der Waals surface area contributed by atoms with Crippen LogP contribution in [0.15, 0.2) is 65.8 Å². The van der Waals surface area contributed by atoms with Gasteiger partial charge in [0.05, 0.1) is 4.90 Å². The molecule has 0 aliphatic carbocycles. The maximum atomic E-state index is 12.4. The van der Waals surface area contributed by atoms with Crippen molar-refractivity contribution in [2.75, 3.05) is 10.0 Å². The van der Waals surface area contributed by atoms with Crippen LogP contribution in [-0.2, 0) is 14.8 Å². The van der Waals surface area contributed by atoms with Crippen LogP contribution in [0.5, 0.6) is 5.75 Å². The molecule has 2 N–H and O–H groups in total. The molecule has 0 bridgehead atoms. The summed E-state index contributed by atoms with van der Waals surface area (Å²) in [6, 6.07) is 13.1. The second-order valence-corrected chi connectivity index (χ2v) is 8.46. The maximum Gasteiger partial charge on any atom is 0.265 e. The van der Waals surface area contributed by atoms with Crippen LogP contribution in [0, 0.1) is 13.8 Å². The predicted octanol–water partition coefficient (Wildman–Crippen LogP) is 3.30. The minimum absolute atomic E-state index is 0.0208. The number of aromatic nitrogens is 2. The molecular formula is C21H22N4O4S. The highest BCUT2D eigenvalue weighted by Crippen LogP contribution is 2.19. The SMILES string of the molecule is Cc1cc(C)cc(OC(C)C(=O)Nc2ccc(S(=O)(=O)Nc3ncccn3)cc2)c1. The second-order valence-electron chi connectivity index (χ2n) is 6.78. The third-order valence-corrected chi connectivity index (χ3v) is 5.44. The quantitative estimate of drug-likeness (QED) is 0.600. The zero-order valence-electron chi connectivity index (χ0n) is 16.8. The molecule has 0 saturated carbocycles. The molecule has 1 atom stereocenters. The number of nitrogens with one attached hydrogen (secondary N) is 2. The number of nitrogens with zero attached hydrogens (tertiary/aromatic N) is 2. The number of anilines is 2. The van der Waals surface area contributed by atoms with Crippen LogP contribution in [-0.4, -0.2) is 30.4 Å². The van der Waals surface area contributed by atoms with Gasteiger partial charge < -0.3 is 10.1 Å². The van der Waals surface area contributed by atoms with E-state index in [1.807, 2.05) is 32.0 Å². The molecule has 0 aliphatic heterocycles. The summed E-state index contributed by atoms with van der Waals surface area (Å²) in [6.07, 6.45) is 2.14. The number of aryl methyl sites for hydroxylation is 2. The highest BCUT2D eigenvalue weighted by molar-refractivity contribution is 7.92. The fourth-order valence-corrected chi connectivity index (χ4v) is 3.71. The van der Waals surface area contributed by atoms with Gasteiger partial charge in [0.1, 0.15) is 5.75 Å². The summed E-state index contributed by atoms with van der Waals surface area (Å²) in [5.41, 5.74) is 2.54. The molecular weight excluding hydrogens is 404 g/mol. The van der Waals surface area contributed by atoms with Gasteiger partial charge >= 0.3 is 0 Å². The molecule has 1 heterocycles. The molecule has 3 rings (SSSR count). The monoisotopic (exact) mass is 426 g/mol. The van der Waals surface area contributed by atoms with Gasteiger partial charge in [-0.3, -0.25) is 4.79 Å². The van der Waals surface area contributed by atoms with E-state index in [9.17, 15) is 13.2 Å². The summed E-state index contributed by atoms with van der Waals surface area (Å²) in [5, 5.41) is 2.72. The molecule has 1 amide bonds. The lowest BCUT2D eigenvalue weighted by Gasteiger charge is -2.16. The molecule has 0 aliphatic rings. The van der Waals surface area contributed by atoms with Crippen LogP contribution in [0.1, 0.15) is 18.1 Å². The molecule has 3 aromatic rings. The maximum absolute atomic E-state index is 12.4. The number of hydrogen-bond acceptors (Lipinski definition) is 6. The van der Waals surface area contributed by atoms with Crippen LogP contribution in [0.25, 0.3) is 0 Å². The van der Waals surface area contributed by atoms with Crippen molar-refractivity contribution in [3.05, 3.63) is 72.1 Å². The van der Waals surface area contributed by atoms with E-state index >= 15 is 0 Å². The molecule has 0 saturated heterocycles. The van der Waals surface area contributed by atoms with E-state index in [1.165, 1.54) is 36.7 Å². The minimum Gasteiger partial charge on any atom is -0.481 e. The van der Waals surface area contributed by atoms with E-state index in [0.29, 0.717) is 11.4 Å². The van der Waals surface area contributed by atoms with Crippen LogP contribution < -0.4 is 14.8 Å². The molecule has 156 valence electrons. The lowest BCUT2D eigenvalue weighted by atomic mass is 10.1. The van der Waals surface area contributed by atoms with Gasteiger partial charge in [0.15, 0.2) is 6.10 Å². The van der Waals surface area contributed by atoms with Crippen LogP contribution >= 0.6 is 0 Å². The number of benzene rings is 2. The van der Waals surface area contributed by atoms with Crippen molar-refractivity contribution in [3.63, 3.8) is 0 Å². The molecule has 2 aromatic carbocycles. The Balaban J connectivity index is 1.63. The fraction of sp³-hybridized carbons (Fsp3) is 0.190. The van der Waals surface area contributed by atoms with E-state index in [2.05, 4.69) is 20.0 Å². The summed E-state index contributed by atoms with van der Waals surface area (Å²) < 4.78 is 32.8. The smallest absolute Gasteiger partial charge is 0.265 e. The number of amides is 1. The average molecular weight is 426 g/mol. The third-order valence-electron chi connectivity index (χ3n) is 4.10. The summed E-state index contributed by atoms with van der Waals surface area (Å²) in [7, 11) is -3.84. The number of rotatable bonds is 7. The minimum atomic E-state index is -3.84. The Bertz CT molecular complexity index is 1110. The van der Waals surface area contributed by atoms with Gasteiger partial charge in [-0.25, -0.2) is 23.1 Å². The van der Waals surface area contributed by atoms with Crippen molar-refractivity contribution in [2.45, 2.75) is 31.8 Å². The summed E-state index contributed by atoms with van der Waals surface area (Å²) >= 11 is 0. The molecule has 0 radical (unpaired) electrons. The first kappa shape index (κ1) is 21.3. The number of carbonyl (C=O) groups is 1. The molecule has 30 heavy (non-hydrogen) atoms. The first-order chi connectivity index (χ1) is 14.2. The second kappa shape index (κ2) is 8.91. The Morgan fingerprint density at radius 3 is 2.20 bits per heavy atom. The van der Waals surface area contributed by atoms with Crippen molar-refractivity contribution in [1.82, 2.24) is 9.97 Å². The standard InChI is InChI=1S/C21H22N4O4S/c1-14-11-15(2)13-18(12-14)29-16(3)20(26)24-17-5-7-19(8-6-17)30(27,28)25-21-22-9-4-10-23-21/h4-13,16H,1-3H3,(H,24,26)(H,22,23,25). The topological polar surface area (TPSA) is 110 Å². The van der Waals surface area contributed by atoms with E-state index in [1.54, 1.807) is 13.0 Å². The van der Waals surface area contributed by atoms with E-state index in [0.717, 1.165) is 11.1 Å². The third kappa shape index (κ3) is 5.54. The molecule has 0 fully saturated rings. The Morgan fingerprint density at radius 2 is 1.60 bits per heavy atom. The van der Waals surface area contributed by atoms with Gasteiger partial charge in [-0.15, -0.1) is 0 Å². The first-order valence-electron chi connectivity index (χ1n) is 9.19. The first-order valence-corrected chi connectivity index (χ1v) is 10.7. The Hall–Kier alpha value is -3.46. The van der Waals surface area contributed by atoms with Crippen LogP contribution in [0.4, 0.5) is 11.6 Å². The van der Waals surface area contributed by atoms with Crippen molar-refractivity contribution in [3.8, 4) is 5.75 Å². The average Bonchev–Trinajstić information content (AvgIpc) is 2.68. The molecule has 1 aromatic heterocycles. The van der Waals surface area contributed by atoms with E-state index in [-0.39, 0.29) is 16.8 Å². The van der Waals surface area contributed by atoms with Crippen LogP contribution in [0.3, 0.4) is 0 Å². The van der Waals surface area contributed by atoms with E-state index < -0.39 is 16.1 Å². The van der Waals surface area contributed by atoms with Gasteiger partial charge in [0.25, 0.3) is 15.9 Å². The summed E-state index contributed by atoms with van der Waals surface area (Å²) in [4.78, 5) is 20.1. The molecule has 1 unspecified atom stereocenters. The van der Waals surface area contributed by atoms with Gasteiger partial charge in [0, 0.05) is 18.1 Å². The number of sulfonamides is 1. The van der Waals surface area contributed by atoms with Gasteiger partial charge in [-0.2, -0.15) is 0 Å². The predicted molar refractivity (Wildman–Crippen MR) is 114 cm³/mol. The Morgan fingerprint density at radius 1 is 1.00 bits per heavy atom. The fourth-order valence-electron chi connectivity index (χ4n) is 2.75. The lowest BCUT2D eigenvalue weighted by molar-refractivity contribution is -0.122. The molecule has 0 spiro atoms. The van der Waals surface area contributed by atoms with Gasteiger partial charge in [-0.1, -0.05) is 6.07 Å². The highest BCUT2D eigenvalue weighted by atomic mass is 32.2. The number of hydrogen-bond donors (Lipinski definition) is 2. The van der Waals surface area contributed by atoms with Crippen molar-refractivity contribution in [2.24, 2.45) is 0 Å². The van der Waals surface area contributed by atoms with E-state index in [4.69, 9.17) is 4.74 Å². The molecule has 8 nitrogen and oxygen atoms in total. The van der Waals surface area contributed by atoms with Crippen molar-refractivity contribution < 1.29 is 17.9 Å². The molecule has 9 heteroatoms. The zero-order chi connectivity index (χ0) is 21.7.